The lowest BCUT2D eigenvalue weighted by molar-refractivity contribution is -0.150. The highest BCUT2D eigenvalue weighted by Crippen LogP contribution is 2.39. The Morgan fingerprint density at radius 2 is 1.74 bits per heavy atom. The number of amides is 1. The predicted octanol–water partition coefficient (Wildman–Crippen LogP) is 3.13. The fourth-order valence-corrected chi connectivity index (χ4v) is 3.72. The number of nitrogens with zero attached hydrogens (tertiary/aromatic N) is 1. The normalized spacial score (nSPS) is 26.0. The molecule has 2 unspecified atom stereocenters. The Morgan fingerprint density at radius 3 is 2.35 bits per heavy atom. The van der Waals surface area contributed by atoms with Gasteiger partial charge in [0.05, 0.1) is 12.5 Å². The molecule has 0 N–H and O–H groups in total. The number of hydrogen-bond acceptors (Lipinski definition) is 4. The van der Waals surface area contributed by atoms with E-state index in [4.69, 9.17) is 9.47 Å². The highest BCUT2D eigenvalue weighted by Gasteiger charge is 2.46. The lowest BCUT2D eigenvalue weighted by Crippen LogP contribution is -2.48. The van der Waals surface area contributed by atoms with Crippen molar-refractivity contribution in [3.63, 3.8) is 0 Å². The Kier molecular flexibility index (Phi) is 4.84. The number of benzene rings is 1. The third kappa shape index (κ3) is 3.49. The van der Waals surface area contributed by atoms with Crippen molar-refractivity contribution in [3.05, 3.63) is 35.9 Å². The van der Waals surface area contributed by atoms with Crippen LogP contribution >= 0.6 is 0 Å². The van der Waals surface area contributed by atoms with Gasteiger partial charge in [0.1, 0.15) is 6.61 Å². The summed E-state index contributed by atoms with van der Waals surface area (Å²) in [6.45, 7) is 2.52. The van der Waals surface area contributed by atoms with E-state index in [1.54, 1.807) is 0 Å². The minimum absolute atomic E-state index is 0.0781. The number of hydrogen-bond donors (Lipinski definition) is 0. The van der Waals surface area contributed by atoms with Gasteiger partial charge in [-0.05, 0) is 38.2 Å². The molecule has 2 aliphatic heterocycles. The van der Waals surface area contributed by atoms with E-state index in [0.717, 1.165) is 18.4 Å². The van der Waals surface area contributed by atoms with Gasteiger partial charge in [-0.25, -0.2) is 4.79 Å². The Balaban J connectivity index is 1.57. The van der Waals surface area contributed by atoms with Crippen LogP contribution in [0.15, 0.2) is 30.3 Å². The van der Waals surface area contributed by atoms with Crippen LogP contribution in [0.2, 0.25) is 0 Å². The summed E-state index contributed by atoms with van der Waals surface area (Å²) < 4.78 is 10.6. The highest BCUT2D eigenvalue weighted by molar-refractivity contribution is 5.74. The first-order chi connectivity index (χ1) is 11.2. The zero-order valence-corrected chi connectivity index (χ0v) is 13.4. The maximum absolute atomic E-state index is 12.4. The fourth-order valence-electron chi connectivity index (χ4n) is 3.72. The molecule has 23 heavy (non-hydrogen) atoms. The molecule has 0 spiro atoms. The van der Waals surface area contributed by atoms with Gasteiger partial charge in [0, 0.05) is 12.1 Å². The van der Waals surface area contributed by atoms with Gasteiger partial charge in [0.15, 0.2) is 0 Å². The molecule has 1 aromatic rings. The molecule has 5 heteroatoms. The molecule has 0 saturated carbocycles. The Morgan fingerprint density at radius 1 is 1.09 bits per heavy atom. The van der Waals surface area contributed by atoms with Gasteiger partial charge in [-0.15, -0.1) is 0 Å². The zero-order valence-electron chi connectivity index (χ0n) is 13.4. The van der Waals surface area contributed by atoms with E-state index in [-0.39, 0.29) is 36.7 Å². The highest BCUT2D eigenvalue weighted by atomic mass is 16.6. The molecule has 2 saturated heterocycles. The van der Waals surface area contributed by atoms with Gasteiger partial charge in [-0.3, -0.25) is 4.79 Å². The van der Waals surface area contributed by atoms with Gasteiger partial charge >= 0.3 is 12.1 Å². The topological polar surface area (TPSA) is 55.8 Å². The van der Waals surface area contributed by atoms with Crippen molar-refractivity contribution in [3.8, 4) is 0 Å². The average molecular weight is 317 g/mol. The minimum atomic E-state index is -0.260. The van der Waals surface area contributed by atoms with Crippen LogP contribution in [0.3, 0.4) is 0 Å². The monoisotopic (exact) mass is 317 g/mol. The first-order valence-electron chi connectivity index (χ1n) is 8.34. The summed E-state index contributed by atoms with van der Waals surface area (Å²) in [5.41, 5.74) is 0.981. The summed E-state index contributed by atoms with van der Waals surface area (Å²) in [6.07, 6.45) is 3.01. The van der Waals surface area contributed by atoms with E-state index in [0.29, 0.717) is 19.4 Å². The summed E-state index contributed by atoms with van der Waals surface area (Å²) in [4.78, 5) is 26.2. The van der Waals surface area contributed by atoms with Crippen LogP contribution < -0.4 is 0 Å². The lowest BCUT2D eigenvalue weighted by Gasteiger charge is -2.37. The molecular formula is C18H23NO4. The van der Waals surface area contributed by atoms with E-state index in [1.807, 2.05) is 42.2 Å². The van der Waals surface area contributed by atoms with Gasteiger partial charge < -0.3 is 14.4 Å². The minimum Gasteiger partial charge on any atom is -0.466 e. The molecular weight excluding hydrogens is 294 g/mol. The molecule has 0 aliphatic carbocycles. The Labute approximate surface area is 136 Å². The van der Waals surface area contributed by atoms with Gasteiger partial charge in [0.25, 0.3) is 0 Å². The first-order valence-corrected chi connectivity index (χ1v) is 8.34. The van der Waals surface area contributed by atoms with Crippen molar-refractivity contribution in [2.24, 2.45) is 5.92 Å². The average Bonchev–Trinajstić information content (AvgIpc) is 2.83. The number of carbonyl (C=O) groups is 2. The molecule has 1 amide bonds. The third-order valence-electron chi connectivity index (χ3n) is 4.77. The second-order valence-electron chi connectivity index (χ2n) is 6.25. The molecule has 3 rings (SSSR count). The quantitative estimate of drug-likeness (QED) is 0.801. The van der Waals surface area contributed by atoms with E-state index in [2.05, 4.69) is 0 Å². The van der Waals surface area contributed by atoms with E-state index >= 15 is 0 Å². The molecule has 2 aliphatic rings. The van der Waals surface area contributed by atoms with Gasteiger partial charge in [-0.1, -0.05) is 30.3 Å². The van der Waals surface area contributed by atoms with Gasteiger partial charge in [-0.2, -0.15) is 0 Å². The van der Waals surface area contributed by atoms with Crippen molar-refractivity contribution in [2.75, 3.05) is 6.61 Å². The second-order valence-corrected chi connectivity index (χ2v) is 6.25. The summed E-state index contributed by atoms with van der Waals surface area (Å²) in [5.74, 6) is -0.202. The molecule has 0 radical (unpaired) electrons. The van der Waals surface area contributed by atoms with Crippen LogP contribution in [0.25, 0.3) is 0 Å². The van der Waals surface area contributed by atoms with Crippen molar-refractivity contribution in [2.45, 2.75) is 51.3 Å². The van der Waals surface area contributed by atoms with Crippen LogP contribution in [-0.2, 0) is 20.9 Å². The van der Waals surface area contributed by atoms with E-state index < -0.39 is 0 Å². The molecule has 2 bridgehead atoms. The van der Waals surface area contributed by atoms with Crippen LogP contribution in [0.4, 0.5) is 4.79 Å². The molecule has 124 valence electrons. The van der Waals surface area contributed by atoms with Crippen molar-refractivity contribution < 1.29 is 19.1 Å². The SMILES string of the molecule is CCOC(=O)C1CC2CCC(C1)N2C(=O)OCc1ccccc1. The molecule has 2 fully saturated rings. The largest absolute Gasteiger partial charge is 0.466 e. The molecule has 0 aromatic heterocycles. The molecule has 5 nitrogen and oxygen atoms in total. The lowest BCUT2D eigenvalue weighted by atomic mass is 9.91. The number of rotatable bonds is 4. The Bertz CT molecular complexity index is 545. The predicted molar refractivity (Wildman–Crippen MR) is 84.6 cm³/mol. The summed E-state index contributed by atoms with van der Waals surface area (Å²) in [6, 6.07) is 9.88. The van der Waals surface area contributed by atoms with E-state index in [9.17, 15) is 9.59 Å². The summed E-state index contributed by atoms with van der Waals surface area (Å²) in [5, 5.41) is 0. The van der Waals surface area contributed by atoms with Crippen LogP contribution in [-0.4, -0.2) is 35.7 Å². The molecule has 1 aromatic carbocycles. The number of ether oxygens (including phenoxy) is 2. The second kappa shape index (κ2) is 7.02. The maximum atomic E-state index is 12.4. The molecule has 2 heterocycles. The van der Waals surface area contributed by atoms with Crippen LogP contribution in [0.1, 0.15) is 38.2 Å². The fraction of sp³-hybridized carbons (Fsp3) is 0.556. The number of carbonyl (C=O) groups excluding carboxylic acids is 2. The standard InChI is InChI=1S/C18H23NO4/c1-2-22-17(20)14-10-15-8-9-16(11-14)19(15)18(21)23-12-13-6-4-3-5-7-13/h3-7,14-16H,2,8-12H2,1H3. The first kappa shape index (κ1) is 15.8. The zero-order chi connectivity index (χ0) is 16.2. The molecule has 2 atom stereocenters. The van der Waals surface area contributed by atoms with Crippen molar-refractivity contribution in [1.82, 2.24) is 4.90 Å². The number of esters is 1. The summed E-state index contributed by atoms with van der Waals surface area (Å²) >= 11 is 0. The summed E-state index contributed by atoms with van der Waals surface area (Å²) in [7, 11) is 0. The van der Waals surface area contributed by atoms with Crippen molar-refractivity contribution in [1.29, 1.82) is 0 Å². The van der Waals surface area contributed by atoms with Crippen LogP contribution in [0.5, 0.6) is 0 Å². The van der Waals surface area contributed by atoms with Gasteiger partial charge in [0.2, 0.25) is 0 Å². The van der Waals surface area contributed by atoms with Crippen molar-refractivity contribution >= 4 is 12.1 Å². The number of piperidine rings is 1. The third-order valence-corrected chi connectivity index (χ3v) is 4.77. The number of fused-ring (bicyclic) bond motifs is 2. The van der Waals surface area contributed by atoms with E-state index in [1.165, 1.54) is 0 Å². The maximum Gasteiger partial charge on any atom is 0.410 e. The van der Waals surface area contributed by atoms with Crippen LogP contribution in [0, 0.1) is 5.92 Å². The Hall–Kier alpha value is -2.04. The smallest absolute Gasteiger partial charge is 0.410 e.